The van der Waals surface area contributed by atoms with Crippen LogP contribution in [-0.4, -0.2) is 9.93 Å². The molecule has 1 aromatic carbocycles. The summed E-state index contributed by atoms with van der Waals surface area (Å²) in [5.41, 5.74) is 5.66. The minimum Gasteiger partial charge on any atom is -0.387 e. The molecule has 0 aromatic heterocycles. The van der Waals surface area contributed by atoms with Crippen molar-refractivity contribution in [3.05, 3.63) is 34.4 Å². The zero-order valence-corrected chi connectivity index (χ0v) is 10.3. The van der Waals surface area contributed by atoms with Gasteiger partial charge < -0.3 is 5.11 Å². The summed E-state index contributed by atoms with van der Waals surface area (Å²) >= 11 is 3.56. The lowest BCUT2D eigenvalue weighted by Crippen LogP contribution is -2.06. The van der Waals surface area contributed by atoms with Gasteiger partial charge in [-0.05, 0) is 54.4 Å². The Morgan fingerprint density at radius 1 is 1.13 bits per heavy atom. The third-order valence-electron chi connectivity index (χ3n) is 3.75. The number of hydrogen-bond acceptors (Lipinski definition) is 1. The summed E-state index contributed by atoms with van der Waals surface area (Å²) in [6.07, 6.45) is 5.78. The third kappa shape index (κ3) is 1.46. The molecule has 0 aliphatic heterocycles. The number of aliphatic hydroxyl groups is 1. The van der Waals surface area contributed by atoms with Crippen molar-refractivity contribution in [1.82, 2.24) is 0 Å². The molecular weight excluding hydrogens is 252 g/mol. The molecule has 0 amide bonds. The molecule has 0 bridgehead atoms. The van der Waals surface area contributed by atoms with Crippen LogP contribution in [0.1, 0.15) is 41.2 Å². The molecule has 1 N–H and O–H groups in total. The van der Waals surface area contributed by atoms with Crippen molar-refractivity contribution in [3.8, 4) is 0 Å². The smallest absolute Gasteiger partial charge is 0.0920 e. The molecule has 2 aliphatic rings. The minimum absolute atomic E-state index is 0.223. The SMILES string of the molecule is OC1c2ccc3c(c2CC1Br)CCCC3. The minimum atomic E-state index is -0.299. The summed E-state index contributed by atoms with van der Waals surface area (Å²) in [4.78, 5) is 0.223. The number of benzene rings is 1. The quantitative estimate of drug-likeness (QED) is 0.716. The van der Waals surface area contributed by atoms with E-state index in [0.717, 1.165) is 12.0 Å². The molecule has 80 valence electrons. The molecule has 0 saturated carbocycles. The van der Waals surface area contributed by atoms with E-state index in [1.807, 2.05) is 0 Å². The molecule has 0 spiro atoms. The maximum absolute atomic E-state index is 10.0. The molecule has 2 aliphatic carbocycles. The molecule has 1 nitrogen and oxygen atoms in total. The molecule has 0 fully saturated rings. The molecule has 2 unspecified atom stereocenters. The Morgan fingerprint density at radius 2 is 1.93 bits per heavy atom. The van der Waals surface area contributed by atoms with Gasteiger partial charge in [-0.3, -0.25) is 0 Å². The first-order chi connectivity index (χ1) is 7.27. The van der Waals surface area contributed by atoms with Crippen LogP contribution in [0.4, 0.5) is 0 Å². The van der Waals surface area contributed by atoms with E-state index in [-0.39, 0.29) is 10.9 Å². The Hall–Kier alpha value is -0.340. The van der Waals surface area contributed by atoms with Crippen LogP contribution in [0.5, 0.6) is 0 Å². The van der Waals surface area contributed by atoms with Crippen LogP contribution < -0.4 is 0 Å². The molecule has 3 rings (SSSR count). The molecule has 0 radical (unpaired) electrons. The Bertz CT molecular complexity index is 400. The summed E-state index contributed by atoms with van der Waals surface area (Å²) in [5.74, 6) is 0. The molecule has 0 saturated heterocycles. The van der Waals surface area contributed by atoms with Crippen molar-refractivity contribution >= 4 is 15.9 Å². The standard InChI is InChI=1S/C13H15BrO/c14-12-7-11-9-4-2-1-3-8(9)5-6-10(11)13(12)15/h5-6,12-13,15H,1-4,7H2. The van der Waals surface area contributed by atoms with Gasteiger partial charge in [-0.15, -0.1) is 0 Å². The number of hydrogen-bond donors (Lipinski definition) is 1. The number of halogens is 1. The van der Waals surface area contributed by atoms with Crippen molar-refractivity contribution < 1.29 is 5.11 Å². The number of fused-ring (bicyclic) bond motifs is 3. The Labute approximate surface area is 98.6 Å². The van der Waals surface area contributed by atoms with E-state index in [4.69, 9.17) is 0 Å². The lowest BCUT2D eigenvalue weighted by atomic mass is 9.86. The molecule has 0 heterocycles. The Balaban J connectivity index is 2.13. The summed E-state index contributed by atoms with van der Waals surface area (Å²) in [6.45, 7) is 0. The number of rotatable bonds is 0. The van der Waals surface area contributed by atoms with Gasteiger partial charge in [0.2, 0.25) is 0 Å². The fourth-order valence-corrected chi connectivity index (χ4v) is 3.55. The average molecular weight is 267 g/mol. The number of aryl methyl sites for hydroxylation is 1. The fourth-order valence-electron chi connectivity index (χ4n) is 2.94. The second-order valence-corrected chi connectivity index (χ2v) is 5.82. The second-order valence-electron chi connectivity index (χ2n) is 4.64. The summed E-state index contributed by atoms with van der Waals surface area (Å²) in [6, 6.07) is 4.35. The Morgan fingerprint density at radius 3 is 2.80 bits per heavy atom. The van der Waals surface area contributed by atoms with Crippen LogP contribution in [0.15, 0.2) is 12.1 Å². The van der Waals surface area contributed by atoms with Crippen LogP contribution in [0.25, 0.3) is 0 Å². The van der Waals surface area contributed by atoms with Crippen molar-refractivity contribution in [2.45, 2.75) is 43.0 Å². The van der Waals surface area contributed by atoms with E-state index in [2.05, 4.69) is 28.1 Å². The van der Waals surface area contributed by atoms with Gasteiger partial charge in [0.15, 0.2) is 0 Å². The van der Waals surface area contributed by atoms with Gasteiger partial charge in [-0.25, -0.2) is 0 Å². The molecule has 2 atom stereocenters. The van der Waals surface area contributed by atoms with E-state index in [1.54, 1.807) is 5.56 Å². The van der Waals surface area contributed by atoms with E-state index in [0.29, 0.717) is 0 Å². The lowest BCUT2D eigenvalue weighted by molar-refractivity contribution is 0.187. The highest BCUT2D eigenvalue weighted by molar-refractivity contribution is 9.09. The highest BCUT2D eigenvalue weighted by atomic mass is 79.9. The zero-order valence-electron chi connectivity index (χ0n) is 8.67. The molecule has 2 heteroatoms. The molecule has 15 heavy (non-hydrogen) atoms. The van der Waals surface area contributed by atoms with Gasteiger partial charge in [-0.2, -0.15) is 0 Å². The zero-order chi connectivity index (χ0) is 10.4. The van der Waals surface area contributed by atoms with Crippen LogP contribution in [0, 0.1) is 0 Å². The first-order valence-corrected chi connectivity index (χ1v) is 6.64. The van der Waals surface area contributed by atoms with Crippen molar-refractivity contribution in [1.29, 1.82) is 0 Å². The van der Waals surface area contributed by atoms with Gasteiger partial charge in [0.1, 0.15) is 0 Å². The van der Waals surface area contributed by atoms with Gasteiger partial charge in [-0.1, -0.05) is 28.1 Å². The predicted molar refractivity (Wildman–Crippen MR) is 64.5 cm³/mol. The van der Waals surface area contributed by atoms with Crippen molar-refractivity contribution in [3.63, 3.8) is 0 Å². The maximum atomic E-state index is 10.0. The van der Waals surface area contributed by atoms with Crippen molar-refractivity contribution in [2.24, 2.45) is 0 Å². The molecular formula is C13H15BrO. The normalized spacial score (nSPS) is 28.7. The highest BCUT2D eigenvalue weighted by Gasteiger charge is 2.31. The summed E-state index contributed by atoms with van der Waals surface area (Å²) < 4.78 is 0. The first kappa shape index (κ1) is 9.86. The predicted octanol–water partition coefficient (Wildman–Crippen LogP) is 2.92. The Kier molecular flexibility index (Phi) is 2.37. The summed E-state index contributed by atoms with van der Waals surface area (Å²) in [5, 5.41) is 10.0. The summed E-state index contributed by atoms with van der Waals surface area (Å²) in [7, 11) is 0. The van der Waals surface area contributed by atoms with Crippen LogP contribution in [0.2, 0.25) is 0 Å². The maximum Gasteiger partial charge on any atom is 0.0920 e. The lowest BCUT2D eigenvalue weighted by Gasteiger charge is -2.19. The van der Waals surface area contributed by atoms with Crippen LogP contribution in [-0.2, 0) is 19.3 Å². The number of aliphatic hydroxyl groups excluding tert-OH is 1. The largest absolute Gasteiger partial charge is 0.387 e. The van der Waals surface area contributed by atoms with E-state index in [9.17, 15) is 5.11 Å². The monoisotopic (exact) mass is 266 g/mol. The topological polar surface area (TPSA) is 20.2 Å². The first-order valence-electron chi connectivity index (χ1n) is 5.73. The van der Waals surface area contributed by atoms with Gasteiger partial charge in [0.25, 0.3) is 0 Å². The molecule has 1 aromatic rings. The highest BCUT2D eigenvalue weighted by Crippen LogP contribution is 2.40. The van der Waals surface area contributed by atoms with Gasteiger partial charge >= 0.3 is 0 Å². The van der Waals surface area contributed by atoms with E-state index < -0.39 is 0 Å². The average Bonchev–Trinajstić information content (AvgIpc) is 2.56. The number of alkyl halides is 1. The van der Waals surface area contributed by atoms with Gasteiger partial charge in [0.05, 0.1) is 6.10 Å². The van der Waals surface area contributed by atoms with Gasteiger partial charge in [0, 0.05) is 4.83 Å². The van der Waals surface area contributed by atoms with Crippen molar-refractivity contribution in [2.75, 3.05) is 0 Å². The fraction of sp³-hybridized carbons (Fsp3) is 0.538. The third-order valence-corrected chi connectivity index (χ3v) is 4.57. The van der Waals surface area contributed by atoms with Crippen LogP contribution >= 0.6 is 15.9 Å². The van der Waals surface area contributed by atoms with E-state index in [1.165, 1.54) is 36.8 Å². The van der Waals surface area contributed by atoms with E-state index >= 15 is 0 Å². The second kappa shape index (κ2) is 3.60. The van der Waals surface area contributed by atoms with Crippen LogP contribution in [0.3, 0.4) is 0 Å².